The first-order valence-corrected chi connectivity index (χ1v) is 7.18. The van der Waals surface area contributed by atoms with Crippen molar-refractivity contribution in [3.05, 3.63) is 11.9 Å². The maximum absolute atomic E-state index is 12.0. The predicted octanol–water partition coefficient (Wildman–Crippen LogP) is 1.14. The Labute approximate surface area is 120 Å². The average Bonchev–Trinajstić information content (AvgIpc) is 2.61. The summed E-state index contributed by atoms with van der Waals surface area (Å²) in [6, 6.07) is 1.91. The number of rotatable bonds is 4. The van der Waals surface area contributed by atoms with Crippen LogP contribution in [0, 0.1) is 0 Å². The molecule has 1 aliphatic rings. The highest BCUT2D eigenvalue weighted by molar-refractivity contribution is 5.81. The van der Waals surface area contributed by atoms with Crippen LogP contribution in [-0.4, -0.2) is 54.5 Å². The van der Waals surface area contributed by atoms with E-state index in [0.29, 0.717) is 6.54 Å². The Bertz CT molecular complexity index is 477. The number of nitrogens with zero attached hydrogens (tertiary/aromatic N) is 4. The van der Waals surface area contributed by atoms with Gasteiger partial charge in [-0.2, -0.15) is 0 Å². The van der Waals surface area contributed by atoms with Crippen molar-refractivity contribution in [1.82, 2.24) is 14.9 Å². The molecule has 0 atom stereocenters. The summed E-state index contributed by atoms with van der Waals surface area (Å²) in [5.41, 5.74) is 0. The Morgan fingerprint density at radius 2 is 2.15 bits per heavy atom. The maximum atomic E-state index is 12.0. The minimum atomic E-state index is 0.143. The van der Waals surface area contributed by atoms with Crippen molar-refractivity contribution in [2.24, 2.45) is 0 Å². The van der Waals surface area contributed by atoms with Crippen LogP contribution >= 0.6 is 0 Å². The lowest BCUT2D eigenvalue weighted by atomic mass is 10.3. The monoisotopic (exact) mass is 277 g/mol. The first-order valence-electron chi connectivity index (χ1n) is 7.18. The van der Waals surface area contributed by atoms with Crippen LogP contribution < -0.4 is 10.2 Å². The number of aryl methyl sites for hydroxylation is 1. The average molecular weight is 277 g/mol. The number of hydrogen-bond donors (Lipinski definition) is 1. The van der Waals surface area contributed by atoms with Gasteiger partial charge in [0, 0.05) is 39.7 Å². The summed E-state index contributed by atoms with van der Waals surface area (Å²) in [4.78, 5) is 24.9. The van der Waals surface area contributed by atoms with E-state index in [1.165, 1.54) is 0 Å². The number of aromatic nitrogens is 2. The van der Waals surface area contributed by atoms with Crippen LogP contribution in [0.3, 0.4) is 0 Å². The zero-order valence-electron chi connectivity index (χ0n) is 12.5. The summed E-state index contributed by atoms with van der Waals surface area (Å²) in [5.74, 6) is 2.63. The van der Waals surface area contributed by atoms with E-state index >= 15 is 0 Å². The highest BCUT2D eigenvalue weighted by Crippen LogP contribution is 2.18. The van der Waals surface area contributed by atoms with Crippen LogP contribution in [0.5, 0.6) is 0 Å². The molecule has 0 spiro atoms. The topological polar surface area (TPSA) is 61.4 Å². The number of carbonyl (C=O) groups is 1. The van der Waals surface area contributed by atoms with Gasteiger partial charge < -0.3 is 15.1 Å². The number of anilines is 2. The maximum Gasteiger partial charge on any atom is 0.241 e. The molecule has 1 amide bonds. The van der Waals surface area contributed by atoms with E-state index < -0.39 is 0 Å². The summed E-state index contributed by atoms with van der Waals surface area (Å²) in [6.45, 7) is 4.16. The third-order valence-electron chi connectivity index (χ3n) is 3.49. The number of nitrogens with one attached hydrogen (secondary N) is 1. The molecule has 1 fully saturated rings. The number of likely N-dealkylation sites (N-methyl/N-ethyl adjacent to an activating group) is 1. The fourth-order valence-electron chi connectivity index (χ4n) is 2.29. The van der Waals surface area contributed by atoms with E-state index in [4.69, 9.17) is 0 Å². The molecule has 20 heavy (non-hydrogen) atoms. The van der Waals surface area contributed by atoms with E-state index in [2.05, 4.69) is 22.2 Å². The van der Waals surface area contributed by atoms with E-state index in [1.54, 1.807) is 4.90 Å². The first-order chi connectivity index (χ1) is 9.63. The van der Waals surface area contributed by atoms with E-state index in [9.17, 15) is 4.79 Å². The highest BCUT2D eigenvalue weighted by atomic mass is 16.2. The van der Waals surface area contributed by atoms with E-state index in [-0.39, 0.29) is 5.91 Å². The van der Waals surface area contributed by atoms with Crippen LogP contribution in [0.15, 0.2) is 6.07 Å². The molecule has 2 heterocycles. The lowest BCUT2D eigenvalue weighted by Gasteiger charge is -2.21. The molecule has 0 bridgehead atoms. The van der Waals surface area contributed by atoms with Crippen molar-refractivity contribution in [2.45, 2.75) is 26.2 Å². The number of amides is 1. The Kier molecular flexibility index (Phi) is 4.76. The Morgan fingerprint density at radius 1 is 1.35 bits per heavy atom. The lowest BCUT2D eigenvalue weighted by molar-refractivity contribution is -0.127. The minimum absolute atomic E-state index is 0.143. The molecule has 1 saturated heterocycles. The van der Waals surface area contributed by atoms with E-state index in [0.717, 1.165) is 49.8 Å². The van der Waals surface area contributed by atoms with Gasteiger partial charge in [0.05, 0.1) is 6.54 Å². The second kappa shape index (κ2) is 6.54. The van der Waals surface area contributed by atoms with Crippen molar-refractivity contribution >= 4 is 17.5 Å². The Balaban J connectivity index is 2.25. The summed E-state index contributed by atoms with van der Waals surface area (Å²) in [6.07, 6.45) is 2.82. The molecule has 0 aliphatic carbocycles. The SMILES string of the molecule is CCCc1nc(NC)cc(N2CCCN(C)C(=O)C2)n1. The molecule has 2 rings (SSSR count). The van der Waals surface area contributed by atoms with Gasteiger partial charge in [-0.3, -0.25) is 4.79 Å². The Hall–Kier alpha value is -1.85. The molecule has 1 aromatic heterocycles. The molecule has 110 valence electrons. The molecule has 6 heteroatoms. The normalized spacial score (nSPS) is 16.2. The van der Waals surface area contributed by atoms with Crippen molar-refractivity contribution in [3.8, 4) is 0 Å². The van der Waals surface area contributed by atoms with Gasteiger partial charge in [-0.25, -0.2) is 9.97 Å². The third-order valence-corrected chi connectivity index (χ3v) is 3.49. The molecule has 0 aromatic carbocycles. The third kappa shape index (κ3) is 3.37. The van der Waals surface area contributed by atoms with Crippen molar-refractivity contribution in [2.75, 3.05) is 43.9 Å². The van der Waals surface area contributed by atoms with Gasteiger partial charge in [-0.1, -0.05) is 6.92 Å². The van der Waals surface area contributed by atoms with Crippen LogP contribution in [0.2, 0.25) is 0 Å². The second-order valence-electron chi connectivity index (χ2n) is 5.12. The van der Waals surface area contributed by atoms with Crippen molar-refractivity contribution in [3.63, 3.8) is 0 Å². The van der Waals surface area contributed by atoms with Crippen LogP contribution in [-0.2, 0) is 11.2 Å². The molecular weight excluding hydrogens is 254 g/mol. The fraction of sp³-hybridized carbons (Fsp3) is 0.643. The zero-order valence-corrected chi connectivity index (χ0v) is 12.5. The van der Waals surface area contributed by atoms with Crippen molar-refractivity contribution in [1.29, 1.82) is 0 Å². The summed E-state index contributed by atoms with van der Waals surface area (Å²) < 4.78 is 0. The first kappa shape index (κ1) is 14.6. The molecule has 0 unspecified atom stereocenters. The molecule has 0 saturated carbocycles. The summed E-state index contributed by atoms with van der Waals surface area (Å²) in [7, 11) is 3.70. The van der Waals surface area contributed by atoms with Gasteiger partial charge >= 0.3 is 0 Å². The molecular formula is C14H23N5O. The van der Waals surface area contributed by atoms with Crippen molar-refractivity contribution < 1.29 is 4.79 Å². The number of carbonyl (C=O) groups excluding carboxylic acids is 1. The fourth-order valence-corrected chi connectivity index (χ4v) is 2.29. The van der Waals surface area contributed by atoms with Gasteiger partial charge in [-0.15, -0.1) is 0 Å². The van der Waals surface area contributed by atoms with Gasteiger partial charge in [0.1, 0.15) is 17.5 Å². The summed E-state index contributed by atoms with van der Waals surface area (Å²) >= 11 is 0. The van der Waals surface area contributed by atoms with Gasteiger partial charge in [0.25, 0.3) is 0 Å². The molecule has 1 N–H and O–H groups in total. The van der Waals surface area contributed by atoms with Gasteiger partial charge in [0.2, 0.25) is 5.91 Å². The predicted molar refractivity (Wildman–Crippen MR) is 80.0 cm³/mol. The van der Waals surface area contributed by atoms with Gasteiger partial charge in [-0.05, 0) is 12.8 Å². The van der Waals surface area contributed by atoms with Gasteiger partial charge in [0.15, 0.2) is 0 Å². The summed E-state index contributed by atoms with van der Waals surface area (Å²) in [5, 5.41) is 3.07. The lowest BCUT2D eigenvalue weighted by Crippen LogP contribution is -2.34. The van der Waals surface area contributed by atoms with E-state index in [1.807, 2.05) is 25.1 Å². The smallest absolute Gasteiger partial charge is 0.241 e. The highest BCUT2D eigenvalue weighted by Gasteiger charge is 2.20. The molecule has 6 nitrogen and oxygen atoms in total. The van der Waals surface area contributed by atoms with Crippen LogP contribution in [0.25, 0.3) is 0 Å². The van der Waals surface area contributed by atoms with Crippen LogP contribution in [0.4, 0.5) is 11.6 Å². The minimum Gasteiger partial charge on any atom is -0.373 e. The second-order valence-corrected chi connectivity index (χ2v) is 5.12. The zero-order chi connectivity index (χ0) is 14.5. The van der Waals surface area contributed by atoms with Crippen LogP contribution in [0.1, 0.15) is 25.6 Å². The molecule has 1 aliphatic heterocycles. The largest absolute Gasteiger partial charge is 0.373 e. The molecule has 1 aromatic rings. The quantitative estimate of drug-likeness (QED) is 0.894. The Morgan fingerprint density at radius 3 is 2.85 bits per heavy atom. The standard InChI is InChI=1S/C14H23N5O/c1-4-6-11-16-12(15-2)9-13(17-11)19-8-5-7-18(3)14(20)10-19/h9H,4-8,10H2,1-3H3,(H,15,16,17). The number of hydrogen-bond acceptors (Lipinski definition) is 5. The molecule has 0 radical (unpaired) electrons.